The molecule has 1 atom stereocenters. The highest BCUT2D eigenvalue weighted by molar-refractivity contribution is 5.93. The van der Waals surface area contributed by atoms with Crippen molar-refractivity contribution in [1.29, 1.82) is 0 Å². The first-order valence-electron chi connectivity index (χ1n) is 10.7. The lowest BCUT2D eigenvalue weighted by Crippen LogP contribution is -2.23. The van der Waals surface area contributed by atoms with Gasteiger partial charge in [-0.2, -0.15) is 4.98 Å². The second-order valence-corrected chi connectivity index (χ2v) is 7.97. The number of rotatable bonds is 10. The second kappa shape index (κ2) is 11.4. The molecule has 0 spiro atoms. The van der Waals surface area contributed by atoms with Gasteiger partial charge >= 0.3 is 0 Å². The largest absolute Gasteiger partial charge is 0.345 e. The van der Waals surface area contributed by atoms with Crippen LogP contribution in [0.3, 0.4) is 0 Å². The van der Waals surface area contributed by atoms with E-state index in [1.807, 2.05) is 6.07 Å². The van der Waals surface area contributed by atoms with Crippen molar-refractivity contribution in [2.24, 2.45) is 5.92 Å². The lowest BCUT2D eigenvalue weighted by molar-refractivity contribution is -0.129. The summed E-state index contributed by atoms with van der Waals surface area (Å²) in [6.07, 6.45) is 9.44. The third kappa shape index (κ3) is 6.66. The zero-order chi connectivity index (χ0) is 21.2. The quantitative estimate of drug-likeness (QED) is 0.403. The molecule has 1 aromatic carbocycles. The zero-order valence-corrected chi connectivity index (χ0v) is 17.2. The molecule has 1 fully saturated rings. The van der Waals surface area contributed by atoms with Gasteiger partial charge in [0.05, 0.1) is 6.54 Å². The maximum Gasteiger partial charge on any atom is 0.251 e. The summed E-state index contributed by atoms with van der Waals surface area (Å²) in [5.74, 6) is 0.534. The minimum Gasteiger partial charge on any atom is -0.345 e. The summed E-state index contributed by atoms with van der Waals surface area (Å²) in [4.78, 5) is 28.3. The first kappa shape index (κ1) is 22.0. The SMILES string of the molecule is O=C(C[C@H](CCCC1CCCCC1)c1nc(CNC(=O)c2ccccc2)no1)NO. The second-order valence-electron chi connectivity index (χ2n) is 7.97. The van der Waals surface area contributed by atoms with Crippen LogP contribution in [0.4, 0.5) is 0 Å². The summed E-state index contributed by atoms with van der Waals surface area (Å²) in [5.41, 5.74) is 2.24. The van der Waals surface area contributed by atoms with Crippen LogP contribution in [0.1, 0.15) is 85.8 Å². The molecule has 0 bridgehead atoms. The van der Waals surface area contributed by atoms with Gasteiger partial charge in [0, 0.05) is 17.9 Å². The summed E-state index contributed by atoms with van der Waals surface area (Å²) in [6, 6.07) is 8.90. The Hall–Kier alpha value is -2.74. The molecule has 0 aliphatic heterocycles. The summed E-state index contributed by atoms with van der Waals surface area (Å²) >= 11 is 0. The van der Waals surface area contributed by atoms with Crippen LogP contribution in [0, 0.1) is 5.92 Å². The molecular formula is C22H30N4O4. The predicted molar refractivity (Wildman–Crippen MR) is 110 cm³/mol. The predicted octanol–water partition coefficient (Wildman–Crippen LogP) is 3.73. The number of amides is 2. The molecule has 3 rings (SSSR count). The van der Waals surface area contributed by atoms with Gasteiger partial charge in [-0.15, -0.1) is 0 Å². The monoisotopic (exact) mass is 414 g/mol. The van der Waals surface area contributed by atoms with Gasteiger partial charge < -0.3 is 9.84 Å². The molecule has 8 heteroatoms. The average Bonchev–Trinajstić information content (AvgIpc) is 3.27. The fraction of sp³-hybridized carbons (Fsp3) is 0.545. The lowest BCUT2D eigenvalue weighted by Gasteiger charge is -2.22. The number of aromatic nitrogens is 2. The van der Waals surface area contributed by atoms with Crippen molar-refractivity contribution in [1.82, 2.24) is 20.9 Å². The van der Waals surface area contributed by atoms with E-state index >= 15 is 0 Å². The van der Waals surface area contributed by atoms with Gasteiger partial charge in [-0.05, 0) is 24.5 Å². The highest BCUT2D eigenvalue weighted by Gasteiger charge is 2.23. The number of nitrogens with one attached hydrogen (secondary N) is 2. The van der Waals surface area contributed by atoms with Crippen molar-refractivity contribution >= 4 is 11.8 Å². The van der Waals surface area contributed by atoms with Crippen molar-refractivity contribution in [3.63, 3.8) is 0 Å². The van der Waals surface area contributed by atoms with Gasteiger partial charge in [-0.25, -0.2) is 5.48 Å². The topological polar surface area (TPSA) is 117 Å². The Morgan fingerprint density at radius 3 is 2.67 bits per heavy atom. The molecule has 1 aliphatic rings. The first-order valence-corrected chi connectivity index (χ1v) is 10.7. The first-order chi connectivity index (χ1) is 14.7. The number of hydrogen-bond acceptors (Lipinski definition) is 6. The van der Waals surface area contributed by atoms with Crippen molar-refractivity contribution in [2.45, 2.75) is 70.3 Å². The molecule has 2 aromatic rings. The van der Waals surface area contributed by atoms with Crippen LogP contribution in [0.2, 0.25) is 0 Å². The minimum atomic E-state index is -0.477. The van der Waals surface area contributed by atoms with Crippen LogP contribution in [-0.4, -0.2) is 27.2 Å². The number of benzene rings is 1. The van der Waals surface area contributed by atoms with E-state index in [-0.39, 0.29) is 24.8 Å². The molecular weight excluding hydrogens is 384 g/mol. The number of hydrogen-bond donors (Lipinski definition) is 3. The van der Waals surface area contributed by atoms with Gasteiger partial charge in [-0.1, -0.05) is 68.3 Å². The van der Waals surface area contributed by atoms with Crippen molar-refractivity contribution in [3.8, 4) is 0 Å². The van der Waals surface area contributed by atoms with Crippen molar-refractivity contribution in [2.75, 3.05) is 0 Å². The van der Waals surface area contributed by atoms with Gasteiger partial charge in [0.1, 0.15) is 0 Å². The molecule has 1 saturated carbocycles. The maximum absolute atomic E-state index is 12.2. The summed E-state index contributed by atoms with van der Waals surface area (Å²) in [7, 11) is 0. The van der Waals surface area contributed by atoms with Crippen molar-refractivity contribution in [3.05, 3.63) is 47.6 Å². The van der Waals surface area contributed by atoms with Crippen LogP contribution in [0.25, 0.3) is 0 Å². The van der Waals surface area contributed by atoms with E-state index in [0.29, 0.717) is 17.3 Å². The third-order valence-corrected chi connectivity index (χ3v) is 5.72. The Morgan fingerprint density at radius 1 is 1.17 bits per heavy atom. The molecule has 0 unspecified atom stereocenters. The molecule has 162 valence electrons. The Bertz CT molecular complexity index is 802. The van der Waals surface area contributed by atoms with E-state index in [1.165, 1.54) is 32.1 Å². The van der Waals surface area contributed by atoms with E-state index < -0.39 is 5.91 Å². The highest BCUT2D eigenvalue weighted by atomic mass is 16.5. The van der Waals surface area contributed by atoms with Gasteiger partial charge in [0.15, 0.2) is 5.82 Å². The molecule has 1 aliphatic carbocycles. The summed E-state index contributed by atoms with van der Waals surface area (Å²) in [6.45, 7) is 0.137. The fourth-order valence-corrected chi connectivity index (χ4v) is 4.07. The third-order valence-electron chi connectivity index (χ3n) is 5.72. The summed E-state index contributed by atoms with van der Waals surface area (Å²) in [5, 5.41) is 15.6. The van der Waals surface area contributed by atoms with E-state index in [1.54, 1.807) is 29.7 Å². The number of carbonyl (C=O) groups excluding carboxylic acids is 2. The Kier molecular flexibility index (Phi) is 8.38. The van der Waals surface area contributed by atoms with Crippen LogP contribution in [0.5, 0.6) is 0 Å². The lowest BCUT2D eigenvalue weighted by atomic mass is 9.84. The molecule has 0 saturated heterocycles. The molecule has 0 radical (unpaired) electrons. The maximum atomic E-state index is 12.2. The number of carbonyl (C=O) groups is 2. The smallest absolute Gasteiger partial charge is 0.251 e. The van der Waals surface area contributed by atoms with Crippen LogP contribution in [-0.2, 0) is 11.3 Å². The Morgan fingerprint density at radius 2 is 1.93 bits per heavy atom. The Labute approximate surface area is 176 Å². The minimum absolute atomic E-state index is 0.0825. The average molecular weight is 415 g/mol. The summed E-state index contributed by atoms with van der Waals surface area (Å²) < 4.78 is 5.38. The number of hydroxylamine groups is 1. The molecule has 3 N–H and O–H groups in total. The highest BCUT2D eigenvalue weighted by Crippen LogP contribution is 2.31. The Balaban J connectivity index is 1.54. The van der Waals surface area contributed by atoms with E-state index in [4.69, 9.17) is 9.73 Å². The van der Waals surface area contributed by atoms with Crippen LogP contribution >= 0.6 is 0 Å². The van der Waals surface area contributed by atoms with Crippen LogP contribution in [0.15, 0.2) is 34.9 Å². The standard InChI is InChI=1S/C22H30N4O4/c27-20(25-29)14-18(13-7-10-16-8-3-1-4-9-16)22-24-19(26-30-22)15-23-21(28)17-11-5-2-6-12-17/h2,5-6,11-12,16,18,29H,1,3-4,7-10,13-15H2,(H,23,28)(H,25,27)/t18-/m0/s1. The fourth-order valence-electron chi connectivity index (χ4n) is 4.07. The van der Waals surface area contributed by atoms with Crippen molar-refractivity contribution < 1.29 is 19.3 Å². The van der Waals surface area contributed by atoms with Crippen LogP contribution < -0.4 is 10.8 Å². The molecule has 30 heavy (non-hydrogen) atoms. The van der Waals surface area contributed by atoms with E-state index in [9.17, 15) is 9.59 Å². The number of nitrogens with zero attached hydrogens (tertiary/aromatic N) is 2. The van der Waals surface area contributed by atoms with Gasteiger partial charge in [0.25, 0.3) is 5.91 Å². The zero-order valence-electron chi connectivity index (χ0n) is 17.2. The normalized spacial score (nSPS) is 15.5. The molecule has 8 nitrogen and oxygen atoms in total. The van der Waals surface area contributed by atoms with Gasteiger partial charge in [0.2, 0.25) is 11.8 Å². The molecule has 1 heterocycles. The van der Waals surface area contributed by atoms with E-state index in [0.717, 1.165) is 25.2 Å². The molecule has 1 aromatic heterocycles. The van der Waals surface area contributed by atoms with Gasteiger partial charge in [-0.3, -0.25) is 14.8 Å². The van der Waals surface area contributed by atoms with E-state index in [2.05, 4.69) is 15.5 Å². The molecule has 2 amide bonds.